The van der Waals surface area contributed by atoms with Crippen molar-refractivity contribution in [1.29, 1.82) is 0 Å². The molecule has 5 nitrogen and oxygen atoms in total. The van der Waals surface area contributed by atoms with Crippen molar-refractivity contribution in [2.75, 3.05) is 10.6 Å². The highest BCUT2D eigenvalue weighted by atomic mass is 35.5. The van der Waals surface area contributed by atoms with Crippen LogP contribution in [0.3, 0.4) is 0 Å². The van der Waals surface area contributed by atoms with Crippen LogP contribution in [0.2, 0.25) is 5.02 Å². The predicted molar refractivity (Wildman–Crippen MR) is 129 cm³/mol. The van der Waals surface area contributed by atoms with Crippen molar-refractivity contribution in [3.8, 4) is 0 Å². The minimum atomic E-state index is -0.323. The molecule has 8 heteroatoms. The number of anilines is 2. The Hall–Kier alpha value is -2.61. The van der Waals surface area contributed by atoms with Crippen molar-refractivity contribution < 1.29 is 4.79 Å². The molecule has 4 aromatic rings. The molecule has 5 rings (SSSR count). The number of hydrogen-bond donors (Lipinski definition) is 2. The zero-order valence-corrected chi connectivity index (χ0v) is 18.9. The van der Waals surface area contributed by atoms with Gasteiger partial charge in [-0.15, -0.1) is 11.3 Å². The molecular formula is C23H19ClN4OS2. The third kappa shape index (κ3) is 4.39. The molecule has 0 spiro atoms. The number of aromatic nitrogens is 2. The maximum Gasteiger partial charge on any atom is 0.323 e. The Balaban J connectivity index is 1.41. The largest absolute Gasteiger partial charge is 0.323 e. The normalized spacial score (nSPS) is 13.1. The highest BCUT2D eigenvalue weighted by Gasteiger charge is 2.21. The lowest BCUT2D eigenvalue weighted by molar-refractivity contribution is 0.262. The van der Waals surface area contributed by atoms with Gasteiger partial charge in [-0.05, 0) is 61.6 Å². The fourth-order valence-corrected chi connectivity index (χ4v) is 6.24. The third-order valence-electron chi connectivity index (χ3n) is 5.14. The minimum absolute atomic E-state index is 0.323. The van der Waals surface area contributed by atoms with Gasteiger partial charge in [-0.25, -0.2) is 14.8 Å². The van der Waals surface area contributed by atoms with E-state index < -0.39 is 0 Å². The number of nitrogens with zero attached hydrogens (tertiary/aromatic N) is 2. The summed E-state index contributed by atoms with van der Waals surface area (Å²) in [4.78, 5) is 25.1. The van der Waals surface area contributed by atoms with Crippen LogP contribution in [-0.4, -0.2) is 16.0 Å². The summed E-state index contributed by atoms with van der Waals surface area (Å²) < 4.78 is 0. The van der Waals surface area contributed by atoms with Crippen molar-refractivity contribution in [3.63, 3.8) is 0 Å². The second-order valence-corrected chi connectivity index (χ2v) is 9.81. The lowest BCUT2D eigenvalue weighted by atomic mass is 9.97. The van der Waals surface area contributed by atoms with Crippen LogP contribution in [0.15, 0.2) is 64.8 Å². The van der Waals surface area contributed by atoms with Gasteiger partial charge >= 0.3 is 6.03 Å². The molecule has 2 heterocycles. The second kappa shape index (κ2) is 8.86. The molecule has 2 amide bonds. The first kappa shape index (κ1) is 20.3. The van der Waals surface area contributed by atoms with E-state index in [4.69, 9.17) is 11.6 Å². The lowest BCUT2D eigenvalue weighted by Crippen LogP contribution is -2.19. The number of urea groups is 1. The highest BCUT2D eigenvalue weighted by Crippen LogP contribution is 2.42. The van der Waals surface area contributed by atoms with Gasteiger partial charge in [0.25, 0.3) is 0 Å². The third-order valence-corrected chi connectivity index (χ3v) is 7.65. The van der Waals surface area contributed by atoms with Crippen LogP contribution < -0.4 is 10.6 Å². The molecular weight excluding hydrogens is 448 g/mol. The van der Waals surface area contributed by atoms with Gasteiger partial charge < -0.3 is 10.6 Å². The number of thiophene rings is 1. The number of fused-ring (bicyclic) bond motifs is 3. The van der Waals surface area contributed by atoms with E-state index in [1.54, 1.807) is 53.7 Å². The van der Waals surface area contributed by atoms with E-state index in [1.165, 1.54) is 28.7 Å². The highest BCUT2D eigenvalue weighted by molar-refractivity contribution is 7.99. The topological polar surface area (TPSA) is 66.9 Å². The van der Waals surface area contributed by atoms with Gasteiger partial charge in [-0.3, -0.25) is 0 Å². The minimum Gasteiger partial charge on any atom is -0.308 e. The Morgan fingerprint density at radius 3 is 2.81 bits per heavy atom. The van der Waals surface area contributed by atoms with E-state index in [2.05, 4.69) is 20.6 Å². The van der Waals surface area contributed by atoms with Gasteiger partial charge in [0.15, 0.2) is 0 Å². The Morgan fingerprint density at radius 2 is 1.90 bits per heavy atom. The van der Waals surface area contributed by atoms with Gasteiger partial charge in [-0.1, -0.05) is 41.6 Å². The number of carbonyl (C=O) groups excluding carboxylic acids is 1. The van der Waals surface area contributed by atoms with E-state index in [0.717, 1.165) is 33.3 Å². The second-order valence-electron chi connectivity index (χ2n) is 7.26. The smallest absolute Gasteiger partial charge is 0.308 e. The zero-order valence-electron chi connectivity index (χ0n) is 16.5. The number of rotatable bonds is 4. The molecule has 156 valence electrons. The van der Waals surface area contributed by atoms with Gasteiger partial charge in [0, 0.05) is 25.9 Å². The van der Waals surface area contributed by atoms with E-state index in [0.29, 0.717) is 10.7 Å². The summed E-state index contributed by atoms with van der Waals surface area (Å²) in [5, 5.41) is 8.45. The number of nitrogens with one attached hydrogen (secondary N) is 2. The van der Waals surface area contributed by atoms with Crippen molar-refractivity contribution >= 4 is 62.3 Å². The number of amides is 2. The molecule has 0 unspecified atom stereocenters. The molecule has 0 aliphatic heterocycles. The van der Waals surface area contributed by atoms with Crippen molar-refractivity contribution in [3.05, 3.63) is 70.3 Å². The summed E-state index contributed by atoms with van der Waals surface area (Å²) in [6, 6.07) is 14.5. The molecule has 1 aliphatic rings. The van der Waals surface area contributed by atoms with Crippen LogP contribution in [-0.2, 0) is 12.8 Å². The average molecular weight is 467 g/mol. The fourth-order valence-electron chi connectivity index (χ4n) is 3.75. The molecule has 2 aromatic heterocycles. The SMILES string of the molecule is O=C(Nc1cccc(Cl)c1)Nc1ccccc1Sc1ncnc2sc3c(c12)CCCC3. The van der Waals surface area contributed by atoms with E-state index in [-0.39, 0.29) is 6.03 Å². The standard InChI is InChI=1S/C23H19ClN4OS2/c24-14-6-5-7-15(12-14)27-23(29)28-17-9-2-4-11-19(17)31-22-20-16-8-1-3-10-18(16)30-21(20)25-13-26-22/h2,4-7,9,11-13H,1,3,8,10H2,(H2,27,28,29). The molecule has 0 fully saturated rings. The number of aryl methyl sites for hydroxylation is 2. The van der Waals surface area contributed by atoms with E-state index in [9.17, 15) is 4.79 Å². The van der Waals surface area contributed by atoms with Crippen LogP contribution in [0.25, 0.3) is 10.2 Å². The Labute approximate surface area is 193 Å². The molecule has 0 bridgehead atoms. The monoisotopic (exact) mass is 466 g/mol. The number of halogens is 1. The molecule has 0 radical (unpaired) electrons. The predicted octanol–water partition coefficient (Wildman–Crippen LogP) is 7.02. The molecule has 31 heavy (non-hydrogen) atoms. The van der Waals surface area contributed by atoms with Crippen LogP contribution in [0.5, 0.6) is 0 Å². The maximum atomic E-state index is 12.6. The molecule has 2 aromatic carbocycles. The first-order valence-corrected chi connectivity index (χ1v) is 12.0. The number of hydrogen-bond acceptors (Lipinski definition) is 5. The van der Waals surface area contributed by atoms with Gasteiger partial charge in [0.1, 0.15) is 16.2 Å². The van der Waals surface area contributed by atoms with Crippen LogP contribution in [0.4, 0.5) is 16.2 Å². The summed E-state index contributed by atoms with van der Waals surface area (Å²) in [7, 11) is 0. The van der Waals surface area contributed by atoms with E-state index >= 15 is 0 Å². The van der Waals surface area contributed by atoms with Crippen molar-refractivity contribution in [2.45, 2.75) is 35.6 Å². The van der Waals surface area contributed by atoms with Gasteiger partial charge in [0.2, 0.25) is 0 Å². The summed E-state index contributed by atoms with van der Waals surface area (Å²) >= 11 is 9.36. The zero-order chi connectivity index (χ0) is 21.2. The summed E-state index contributed by atoms with van der Waals surface area (Å²) in [5.41, 5.74) is 2.76. The summed E-state index contributed by atoms with van der Waals surface area (Å²) in [6.45, 7) is 0. The average Bonchev–Trinajstić information content (AvgIpc) is 3.15. The van der Waals surface area contributed by atoms with Gasteiger partial charge in [-0.2, -0.15) is 0 Å². The maximum absolute atomic E-state index is 12.6. The number of carbonyl (C=O) groups is 1. The lowest BCUT2D eigenvalue weighted by Gasteiger charge is -2.13. The molecule has 0 atom stereocenters. The van der Waals surface area contributed by atoms with Crippen molar-refractivity contribution in [1.82, 2.24) is 9.97 Å². The quantitative estimate of drug-likeness (QED) is 0.317. The first-order chi connectivity index (χ1) is 15.2. The van der Waals surface area contributed by atoms with E-state index in [1.807, 2.05) is 24.3 Å². The Bertz CT molecular complexity index is 1270. The number of benzene rings is 2. The Morgan fingerprint density at radius 1 is 1.03 bits per heavy atom. The van der Waals surface area contributed by atoms with Crippen molar-refractivity contribution in [2.24, 2.45) is 0 Å². The summed E-state index contributed by atoms with van der Waals surface area (Å²) in [6.07, 6.45) is 6.29. The number of para-hydroxylation sites is 1. The van der Waals surface area contributed by atoms with Crippen LogP contribution >= 0.6 is 34.7 Å². The fraction of sp³-hybridized carbons (Fsp3) is 0.174. The first-order valence-electron chi connectivity index (χ1n) is 10.0. The van der Waals surface area contributed by atoms with Crippen LogP contribution in [0.1, 0.15) is 23.3 Å². The molecule has 2 N–H and O–H groups in total. The molecule has 0 saturated heterocycles. The van der Waals surface area contributed by atoms with Gasteiger partial charge in [0.05, 0.1) is 5.69 Å². The van der Waals surface area contributed by atoms with Crippen LogP contribution in [0, 0.1) is 0 Å². The molecule has 1 aliphatic carbocycles. The summed E-state index contributed by atoms with van der Waals surface area (Å²) in [5.74, 6) is 0. The Kier molecular flexibility index (Phi) is 5.80. The molecule has 0 saturated carbocycles.